The monoisotopic (exact) mass is 510 g/mol. The lowest BCUT2D eigenvalue weighted by Gasteiger charge is -2.27. The van der Waals surface area contributed by atoms with Gasteiger partial charge in [0, 0.05) is 17.8 Å². The van der Waals surface area contributed by atoms with E-state index in [4.69, 9.17) is 14.0 Å². The van der Waals surface area contributed by atoms with Gasteiger partial charge < -0.3 is 24.5 Å². The molecule has 10 nitrogen and oxygen atoms in total. The van der Waals surface area contributed by atoms with Gasteiger partial charge in [0.1, 0.15) is 24.9 Å². The number of benzene rings is 1. The van der Waals surface area contributed by atoms with Crippen LogP contribution < -0.4 is 5.32 Å². The normalized spacial score (nSPS) is 16.6. The summed E-state index contributed by atoms with van der Waals surface area (Å²) in [4.78, 5) is 54.6. The number of rotatable bonds is 10. The molecule has 3 rings (SSSR count). The largest absolute Gasteiger partial charge is 0.602 e. The molecule has 1 amide bonds. The zero-order valence-corrected chi connectivity index (χ0v) is 21.1. The minimum Gasteiger partial charge on any atom is -0.497 e. The Bertz CT molecular complexity index is 1090. The maximum Gasteiger partial charge on any atom is 0.602 e. The molecule has 1 aromatic carbocycles. The number of carbonyl (C=O) groups excluding carboxylic acids is 4. The minimum atomic E-state index is -1.29. The van der Waals surface area contributed by atoms with Gasteiger partial charge in [0.15, 0.2) is 5.78 Å². The Morgan fingerprint density at radius 3 is 2.24 bits per heavy atom. The number of carbonyl (C=O) groups is 4. The van der Waals surface area contributed by atoms with Gasteiger partial charge >= 0.3 is 19.1 Å². The first-order valence-corrected chi connectivity index (χ1v) is 12.1. The van der Waals surface area contributed by atoms with Crippen molar-refractivity contribution in [2.45, 2.75) is 51.6 Å². The molecule has 0 bridgehead atoms. The van der Waals surface area contributed by atoms with Crippen LogP contribution in [0.15, 0.2) is 48.5 Å². The molecule has 2 heterocycles. The number of nitrogens with zero attached hydrogens (tertiary/aromatic N) is 1. The van der Waals surface area contributed by atoms with E-state index in [9.17, 15) is 24.3 Å². The minimum absolute atomic E-state index is 0.0708. The SMILES string of the molecule is CC(C)C[C@H](CC(=O)[C@@H](NC(=O)c1cccc(-c2ccccc2)n1)[C@@H](C)O)B1OC(=O)COCC(=O)O1. The molecule has 0 unspecified atom stereocenters. The van der Waals surface area contributed by atoms with Crippen LogP contribution in [0.3, 0.4) is 0 Å². The number of aromatic nitrogens is 1. The van der Waals surface area contributed by atoms with Crippen LogP contribution in [0.1, 0.15) is 44.1 Å². The van der Waals surface area contributed by atoms with Crippen molar-refractivity contribution in [3.63, 3.8) is 0 Å². The number of pyridine rings is 1. The van der Waals surface area contributed by atoms with E-state index >= 15 is 0 Å². The first-order valence-electron chi connectivity index (χ1n) is 12.1. The van der Waals surface area contributed by atoms with Crippen LogP contribution in [0.4, 0.5) is 0 Å². The molecule has 0 saturated carbocycles. The highest BCUT2D eigenvalue weighted by molar-refractivity contribution is 6.51. The van der Waals surface area contributed by atoms with E-state index in [1.54, 1.807) is 12.1 Å². The van der Waals surface area contributed by atoms with Crippen molar-refractivity contribution in [2.24, 2.45) is 5.92 Å². The summed E-state index contributed by atoms with van der Waals surface area (Å²) >= 11 is 0. The van der Waals surface area contributed by atoms with Gasteiger partial charge in [-0.1, -0.05) is 50.2 Å². The summed E-state index contributed by atoms with van der Waals surface area (Å²) < 4.78 is 15.4. The molecule has 1 fully saturated rings. The second kappa shape index (κ2) is 13.1. The van der Waals surface area contributed by atoms with Crippen molar-refractivity contribution < 1.29 is 38.3 Å². The molecule has 1 aliphatic rings. The van der Waals surface area contributed by atoms with E-state index in [2.05, 4.69) is 10.3 Å². The van der Waals surface area contributed by atoms with Crippen molar-refractivity contribution in [2.75, 3.05) is 13.2 Å². The fourth-order valence-corrected chi connectivity index (χ4v) is 4.06. The zero-order chi connectivity index (χ0) is 26.9. The van der Waals surface area contributed by atoms with Gasteiger partial charge in [-0.15, -0.1) is 0 Å². The topological polar surface area (TPSA) is 141 Å². The van der Waals surface area contributed by atoms with Crippen LogP contribution in [0, 0.1) is 5.92 Å². The summed E-state index contributed by atoms with van der Waals surface area (Å²) in [6, 6.07) is 13.0. The van der Waals surface area contributed by atoms with E-state index in [0.717, 1.165) is 5.56 Å². The summed E-state index contributed by atoms with van der Waals surface area (Å²) in [5.74, 6) is -3.18. The second-order valence-corrected chi connectivity index (χ2v) is 9.37. The number of aliphatic hydroxyl groups is 1. The standard InChI is InChI=1S/C26H31BN2O8/c1-16(2)12-19(27-36-23(32)14-35-15-24(33)37-27)13-22(31)25(17(3)30)29-26(34)21-11-7-10-20(28-21)18-8-5-4-6-9-18/h4-11,16-17,19,25,30H,12-15H2,1-3H3,(H,29,34)/t17-,19-,25+/m1/s1. The predicted molar refractivity (Wildman–Crippen MR) is 134 cm³/mol. The van der Waals surface area contributed by atoms with Gasteiger partial charge in [-0.25, -0.2) is 4.98 Å². The Labute approximate surface area is 215 Å². The maximum atomic E-state index is 13.3. The van der Waals surface area contributed by atoms with Crippen LogP contribution in [0.25, 0.3) is 11.3 Å². The van der Waals surface area contributed by atoms with Crippen molar-refractivity contribution in [1.82, 2.24) is 10.3 Å². The molecule has 2 N–H and O–H groups in total. The van der Waals surface area contributed by atoms with Crippen LogP contribution in [-0.4, -0.2) is 66.2 Å². The highest BCUT2D eigenvalue weighted by Crippen LogP contribution is 2.28. The first-order chi connectivity index (χ1) is 17.6. The number of hydrogen-bond acceptors (Lipinski definition) is 9. The third-order valence-electron chi connectivity index (χ3n) is 5.72. The summed E-state index contributed by atoms with van der Waals surface area (Å²) in [6.45, 7) is 4.39. The highest BCUT2D eigenvalue weighted by atomic mass is 16.7. The van der Waals surface area contributed by atoms with Crippen molar-refractivity contribution in [3.05, 3.63) is 54.2 Å². The van der Waals surface area contributed by atoms with E-state index in [0.29, 0.717) is 12.1 Å². The molecule has 0 radical (unpaired) electrons. The number of nitrogens with one attached hydrogen (secondary N) is 1. The first kappa shape index (κ1) is 28.0. The zero-order valence-electron chi connectivity index (χ0n) is 21.1. The number of amides is 1. The molecule has 196 valence electrons. The molecule has 0 spiro atoms. The molecular formula is C26H31BN2O8. The van der Waals surface area contributed by atoms with Crippen LogP contribution in [-0.2, 0) is 28.4 Å². The van der Waals surface area contributed by atoms with Crippen molar-refractivity contribution >= 4 is 30.7 Å². The van der Waals surface area contributed by atoms with Gasteiger partial charge in [0.25, 0.3) is 5.91 Å². The lowest BCUT2D eigenvalue weighted by Crippen LogP contribution is -2.49. The van der Waals surface area contributed by atoms with Gasteiger partial charge in [0.05, 0.1) is 11.8 Å². The number of aliphatic hydroxyl groups excluding tert-OH is 1. The lowest BCUT2D eigenvalue weighted by atomic mass is 9.64. The highest BCUT2D eigenvalue weighted by Gasteiger charge is 2.42. The fourth-order valence-electron chi connectivity index (χ4n) is 4.06. The number of ether oxygens (including phenoxy) is 1. The molecule has 37 heavy (non-hydrogen) atoms. The molecule has 11 heteroatoms. The molecule has 1 aromatic heterocycles. The van der Waals surface area contributed by atoms with E-state index in [-0.39, 0.29) is 18.0 Å². The molecule has 3 atom stereocenters. The number of ketones is 1. The average molecular weight is 510 g/mol. The Morgan fingerprint density at radius 2 is 1.65 bits per heavy atom. The van der Waals surface area contributed by atoms with Gasteiger partial charge in [-0.05, 0) is 31.4 Å². The number of Topliss-reactive ketones (excluding diaryl/α,β-unsaturated/α-hetero) is 1. The van der Waals surface area contributed by atoms with Crippen molar-refractivity contribution in [3.8, 4) is 11.3 Å². The summed E-state index contributed by atoms with van der Waals surface area (Å²) in [7, 11) is -1.29. The summed E-state index contributed by atoms with van der Waals surface area (Å²) in [6.07, 6.45) is -1.04. The van der Waals surface area contributed by atoms with Crippen LogP contribution in [0.5, 0.6) is 0 Å². The molecule has 1 saturated heterocycles. The van der Waals surface area contributed by atoms with E-state index < -0.39 is 61.9 Å². The Morgan fingerprint density at radius 1 is 1.00 bits per heavy atom. The Balaban J connectivity index is 1.76. The maximum absolute atomic E-state index is 13.3. The second-order valence-electron chi connectivity index (χ2n) is 9.37. The predicted octanol–water partition coefficient (Wildman–Crippen LogP) is 2.21. The molecule has 2 aromatic rings. The summed E-state index contributed by atoms with van der Waals surface area (Å²) in [5, 5.41) is 12.9. The van der Waals surface area contributed by atoms with E-state index in [1.165, 1.54) is 13.0 Å². The Hall–Kier alpha value is -3.57. The molecule has 1 aliphatic heterocycles. The van der Waals surface area contributed by atoms with Crippen LogP contribution >= 0.6 is 0 Å². The fraction of sp³-hybridized carbons (Fsp3) is 0.423. The third kappa shape index (κ3) is 8.23. The number of hydrogen-bond donors (Lipinski definition) is 2. The average Bonchev–Trinajstić information content (AvgIpc) is 2.85. The van der Waals surface area contributed by atoms with Gasteiger partial charge in [0.2, 0.25) is 0 Å². The molecule has 0 aliphatic carbocycles. The lowest BCUT2D eigenvalue weighted by molar-refractivity contribution is -0.153. The van der Waals surface area contributed by atoms with Gasteiger partial charge in [-0.3, -0.25) is 19.2 Å². The third-order valence-corrected chi connectivity index (χ3v) is 5.72. The van der Waals surface area contributed by atoms with Crippen LogP contribution in [0.2, 0.25) is 5.82 Å². The smallest absolute Gasteiger partial charge is 0.497 e. The van der Waals surface area contributed by atoms with E-state index in [1.807, 2.05) is 44.2 Å². The van der Waals surface area contributed by atoms with Gasteiger partial charge in [-0.2, -0.15) is 0 Å². The quantitative estimate of drug-likeness (QED) is 0.460. The van der Waals surface area contributed by atoms with Crippen molar-refractivity contribution in [1.29, 1.82) is 0 Å². The molecular weight excluding hydrogens is 479 g/mol. The summed E-state index contributed by atoms with van der Waals surface area (Å²) in [5.41, 5.74) is 1.49. The Kier molecular flexibility index (Phi) is 9.93.